The van der Waals surface area contributed by atoms with Gasteiger partial charge in [-0.3, -0.25) is 14.6 Å². The molecule has 2 heterocycles. The van der Waals surface area contributed by atoms with Gasteiger partial charge >= 0.3 is 0 Å². The maximum absolute atomic E-state index is 12.4. The van der Waals surface area contributed by atoms with Crippen LogP contribution in [-0.4, -0.2) is 35.9 Å². The molecule has 1 aromatic heterocycles. The van der Waals surface area contributed by atoms with Crippen molar-refractivity contribution < 1.29 is 9.59 Å². The van der Waals surface area contributed by atoms with Gasteiger partial charge in [0.1, 0.15) is 11.4 Å². The van der Waals surface area contributed by atoms with Crippen LogP contribution < -0.4 is 21.1 Å². The second-order valence-corrected chi connectivity index (χ2v) is 7.71. The van der Waals surface area contributed by atoms with Crippen LogP contribution in [0.25, 0.3) is 0 Å². The molecule has 0 saturated carbocycles. The predicted molar refractivity (Wildman–Crippen MR) is 114 cm³/mol. The first kappa shape index (κ1) is 21.1. The minimum absolute atomic E-state index is 0.0130. The molecule has 9 heteroatoms. The smallest absolute Gasteiger partial charge is 0.270 e. The maximum atomic E-state index is 12.4. The Morgan fingerprint density at radius 3 is 2.45 bits per heavy atom. The van der Waals surface area contributed by atoms with Crippen LogP contribution in [0.3, 0.4) is 0 Å². The summed E-state index contributed by atoms with van der Waals surface area (Å²) in [6.07, 6.45) is 1.88. The van der Waals surface area contributed by atoms with Crippen molar-refractivity contribution >= 4 is 40.7 Å². The van der Waals surface area contributed by atoms with Crippen LogP contribution in [0.5, 0.6) is 0 Å². The van der Waals surface area contributed by atoms with E-state index in [1.54, 1.807) is 41.4 Å². The van der Waals surface area contributed by atoms with Gasteiger partial charge in [0.25, 0.3) is 11.8 Å². The fourth-order valence-electron chi connectivity index (χ4n) is 2.72. The summed E-state index contributed by atoms with van der Waals surface area (Å²) in [6.45, 7) is 4.62. The summed E-state index contributed by atoms with van der Waals surface area (Å²) in [6, 6.07) is 10.0. The molecule has 0 spiro atoms. The van der Waals surface area contributed by atoms with E-state index in [0.717, 1.165) is 11.3 Å². The number of rotatable bonds is 6. The SMILES string of the molecule is CC(C)NC(=O)c1cccc(C(=O)NCC2=CN(c3cc(Cl)cc(Cl)c3)NC2)n1. The van der Waals surface area contributed by atoms with Crippen molar-refractivity contribution in [1.82, 2.24) is 21.0 Å². The molecule has 7 nitrogen and oxygen atoms in total. The molecule has 0 aliphatic carbocycles. The predicted octanol–water partition coefficient (Wildman–Crippen LogP) is 3.17. The van der Waals surface area contributed by atoms with Crippen LogP contribution in [0, 0.1) is 0 Å². The van der Waals surface area contributed by atoms with Gasteiger partial charge in [-0.25, -0.2) is 10.4 Å². The van der Waals surface area contributed by atoms with Crippen molar-refractivity contribution in [3.63, 3.8) is 0 Å². The number of amides is 2. The highest BCUT2D eigenvalue weighted by Crippen LogP contribution is 2.26. The lowest BCUT2D eigenvalue weighted by atomic mass is 10.2. The molecular formula is C20H21Cl2N5O2. The molecule has 3 N–H and O–H groups in total. The third kappa shape index (κ3) is 5.69. The first-order chi connectivity index (χ1) is 13.8. The Kier molecular flexibility index (Phi) is 6.74. The number of carbonyl (C=O) groups is 2. The van der Waals surface area contributed by atoms with E-state index in [2.05, 4.69) is 21.0 Å². The lowest BCUT2D eigenvalue weighted by Gasteiger charge is -2.16. The van der Waals surface area contributed by atoms with Crippen LogP contribution >= 0.6 is 23.2 Å². The number of carbonyl (C=O) groups excluding carboxylic acids is 2. The molecule has 152 valence electrons. The summed E-state index contributed by atoms with van der Waals surface area (Å²) in [7, 11) is 0. The molecule has 0 bridgehead atoms. The zero-order valence-electron chi connectivity index (χ0n) is 16.0. The number of hydrogen-bond acceptors (Lipinski definition) is 5. The van der Waals surface area contributed by atoms with Crippen LogP contribution in [0.2, 0.25) is 10.0 Å². The van der Waals surface area contributed by atoms with Gasteiger partial charge < -0.3 is 10.6 Å². The summed E-state index contributed by atoms with van der Waals surface area (Å²) < 4.78 is 0. The Bertz CT molecular complexity index is 941. The summed E-state index contributed by atoms with van der Waals surface area (Å²) >= 11 is 12.1. The lowest BCUT2D eigenvalue weighted by Crippen LogP contribution is -2.32. The van der Waals surface area contributed by atoms with Crippen LogP contribution in [0.1, 0.15) is 34.8 Å². The van der Waals surface area contributed by atoms with E-state index in [1.807, 2.05) is 20.0 Å². The summed E-state index contributed by atoms with van der Waals surface area (Å²) in [5.74, 6) is -0.664. The van der Waals surface area contributed by atoms with Crippen LogP contribution in [0.4, 0.5) is 5.69 Å². The molecule has 29 heavy (non-hydrogen) atoms. The fourth-order valence-corrected chi connectivity index (χ4v) is 3.24. The zero-order chi connectivity index (χ0) is 21.0. The van der Waals surface area contributed by atoms with Gasteiger partial charge in [-0.1, -0.05) is 29.3 Å². The van der Waals surface area contributed by atoms with Gasteiger partial charge in [0.05, 0.1) is 5.69 Å². The summed E-state index contributed by atoms with van der Waals surface area (Å²) in [5.41, 5.74) is 5.34. The van der Waals surface area contributed by atoms with Gasteiger partial charge in [0, 0.05) is 35.4 Å². The Morgan fingerprint density at radius 2 is 1.79 bits per heavy atom. The summed E-state index contributed by atoms with van der Waals surface area (Å²) in [5, 5.41) is 8.46. The molecule has 0 atom stereocenters. The molecule has 0 fully saturated rings. The van der Waals surface area contributed by atoms with Crippen molar-refractivity contribution in [2.75, 3.05) is 18.1 Å². The summed E-state index contributed by atoms with van der Waals surface area (Å²) in [4.78, 5) is 28.7. The maximum Gasteiger partial charge on any atom is 0.270 e. The number of pyridine rings is 1. The van der Waals surface area contributed by atoms with E-state index in [4.69, 9.17) is 23.2 Å². The molecule has 1 aliphatic rings. The standard InChI is InChI=1S/C20H21Cl2N5O2/c1-12(2)25-20(29)18-5-3-4-17(26-18)19(28)23-9-13-10-24-27(11-13)16-7-14(21)6-15(22)8-16/h3-8,11-12,24H,9-10H2,1-2H3,(H,23,28)(H,25,29). The molecule has 0 unspecified atom stereocenters. The number of aromatic nitrogens is 1. The second-order valence-electron chi connectivity index (χ2n) is 6.84. The van der Waals surface area contributed by atoms with E-state index >= 15 is 0 Å². The van der Waals surface area contributed by atoms with E-state index < -0.39 is 0 Å². The minimum Gasteiger partial charge on any atom is -0.349 e. The molecular weight excluding hydrogens is 413 g/mol. The lowest BCUT2D eigenvalue weighted by molar-refractivity contribution is 0.0937. The van der Waals surface area contributed by atoms with Crippen molar-refractivity contribution in [3.8, 4) is 0 Å². The molecule has 0 radical (unpaired) electrons. The third-order valence-corrected chi connectivity index (χ3v) is 4.46. The molecule has 2 aromatic rings. The normalized spacial score (nSPS) is 13.4. The Labute approximate surface area is 179 Å². The number of anilines is 1. The first-order valence-corrected chi connectivity index (χ1v) is 9.82. The highest BCUT2D eigenvalue weighted by atomic mass is 35.5. The number of nitrogens with zero attached hydrogens (tertiary/aromatic N) is 2. The molecule has 2 amide bonds. The van der Waals surface area contributed by atoms with Crippen molar-refractivity contribution in [2.24, 2.45) is 0 Å². The number of halogens is 2. The van der Waals surface area contributed by atoms with Gasteiger partial charge in [-0.05, 0) is 49.8 Å². The second kappa shape index (κ2) is 9.26. The van der Waals surface area contributed by atoms with Crippen LogP contribution in [-0.2, 0) is 0 Å². The third-order valence-electron chi connectivity index (χ3n) is 4.02. The number of nitrogens with one attached hydrogen (secondary N) is 3. The molecule has 1 aromatic carbocycles. The zero-order valence-corrected chi connectivity index (χ0v) is 17.5. The Balaban J connectivity index is 1.61. The molecule has 3 rings (SSSR count). The van der Waals surface area contributed by atoms with E-state index in [0.29, 0.717) is 23.1 Å². The van der Waals surface area contributed by atoms with Gasteiger partial charge in [-0.2, -0.15) is 0 Å². The first-order valence-electron chi connectivity index (χ1n) is 9.06. The van der Waals surface area contributed by atoms with E-state index in [9.17, 15) is 9.59 Å². The van der Waals surface area contributed by atoms with E-state index in [1.165, 1.54) is 0 Å². The molecule has 1 aliphatic heterocycles. The van der Waals surface area contributed by atoms with Crippen LogP contribution in [0.15, 0.2) is 48.2 Å². The van der Waals surface area contributed by atoms with Gasteiger partial charge in [-0.15, -0.1) is 0 Å². The van der Waals surface area contributed by atoms with Crippen molar-refractivity contribution in [3.05, 3.63) is 69.6 Å². The topological polar surface area (TPSA) is 86.4 Å². The number of hydrazine groups is 1. The average molecular weight is 434 g/mol. The van der Waals surface area contributed by atoms with Crippen molar-refractivity contribution in [1.29, 1.82) is 0 Å². The minimum atomic E-state index is -0.352. The monoisotopic (exact) mass is 433 g/mol. The van der Waals surface area contributed by atoms with Crippen molar-refractivity contribution in [2.45, 2.75) is 19.9 Å². The fraction of sp³-hybridized carbons (Fsp3) is 0.250. The molecule has 0 saturated heterocycles. The number of hydrogen-bond donors (Lipinski definition) is 3. The Morgan fingerprint density at radius 1 is 1.14 bits per heavy atom. The van der Waals surface area contributed by atoms with Gasteiger partial charge in [0.15, 0.2) is 0 Å². The van der Waals surface area contributed by atoms with E-state index in [-0.39, 0.29) is 29.2 Å². The Hall–Kier alpha value is -2.61. The average Bonchev–Trinajstić information content (AvgIpc) is 3.14. The number of benzene rings is 1. The highest BCUT2D eigenvalue weighted by molar-refractivity contribution is 6.35. The highest BCUT2D eigenvalue weighted by Gasteiger charge is 2.17. The quantitative estimate of drug-likeness (QED) is 0.651. The largest absolute Gasteiger partial charge is 0.349 e. The van der Waals surface area contributed by atoms with Gasteiger partial charge in [0.2, 0.25) is 0 Å².